The van der Waals surface area contributed by atoms with Crippen LogP contribution in [-0.2, 0) is 14.3 Å². The van der Waals surface area contributed by atoms with E-state index in [0.29, 0.717) is 11.7 Å². The second kappa shape index (κ2) is 10.2. The van der Waals surface area contributed by atoms with E-state index in [1.54, 1.807) is 0 Å². The Morgan fingerprint density at radius 1 is 1.25 bits per heavy atom. The molecule has 0 aromatic rings. The summed E-state index contributed by atoms with van der Waals surface area (Å²) in [7, 11) is 3.85. The fourth-order valence-corrected chi connectivity index (χ4v) is 5.13. The van der Waals surface area contributed by atoms with Gasteiger partial charge in [-0.3, -0.25) is 14.9 Å². The molecular formula is C16H28N2O4S2. The van der Waals surface area contributed by atoms with Crippen LogP contribution in [-0.4, -0.2) is 40.6 Å². The number of urea groups is 1. The molecule has 138 valence electrons. The van der Waals surface area contributed by atoms with Crippen molar-refractivity contribution in [2.75, 3.05) is 5.75 Å². The predicted molar refractivity (Wildman–Crippen MR) is 98.9 cm³/mol. The minimum atomic E-state index is -0.981. The van der Waals surface area contributed by atoms with Gasteiger partial charge in [0.2, 0.25) is 0 Å². The lowest BCUT2D eigenvalue weighted by Crippen LogP contribution is -2.50. The summed E-state index contributed by atoms with van der Waals surface area (Å²) in [4.78, 5) is 35.2. The highest BCUT2D eigenvalue weighted by atomic mass is 33.1. The van der Waals surface area contributed by atoms with Gasteiger partial charge in [-0.05, 0) is 47.0 Å². The molecule has 0 aromatic carbocycles. The van der Waals surface area contributed by atoms with Gasteiger partial charge in [-0.2, -0.15) is 0 Å². The van der Waals surface area contributed by atoms with Gasteiger partial charge in [-0.1, -0.05) is 28.0 Å². The van der Waals surface area contributed by atoms with Gasteiger partial charge >= 0.3 is 12.0 Å². The molecule has 3 amide bonds. The molecule has 0 radical (unpaired) electrons. The number of carbonyl (C=O) groups is 3. The topological polar surface area (TPSA) is 84.5 Å². The molecule has 8 heteroatoms. The van der Waals surface area contributed by atoms with E-state index in [9.17, 15) is 14.4 Å². The third-order valence-electron chi connectivity index (χ3n) is 3.29. The number of unbranched alkanes of at least 4 members (excludes halogenated alkanes) is 1. The summed E-state index contributed by atoms with van der Waals surface area (Å²) in [6, 6.07) is -0.595. The van der Waals surface area contributed by atoms with Gasteiger partial charge in [0.25, 0.3) is 5.91 Å². The predicted octanol–water partition coefficient (Wildman–Crippen LogP) is 3.26. The molecule has 0 unspecified atom stereocenters. The van der Waals surface area contributed by atoms with Gasteiger partial charge in [0.1, 0.15) is 0 Å². The maximum absolute atomic E-state index is 11.8. The molecule has 0 aromatic heterocycles. The molecule has 0 spiro atoms. The van der Waals surface area contributed by atoms with Crippen molar-refractivity contribution in [2.45, 2.75) is 76.7 Å². The third kappa shape index (κ3) is 9.42. The Balaban J connectivity index is 2.17. The molecule has 24 heavy (non-hydrogen) atoms. The molecule has 0 aliphatic carbocycles. The van der Waals surface area contributed by atoms with Crippen molar-refractivity contribution in [3.05, 3.63) is 0 Å². The number of ether oxygens (including phenoxy) is 1. The minimum absolute atomic E-state index is 0.302. The van der Waals surface area contributed by atoms with E-state index in [-0.39, 0.29) is 0 Å². The van der Waals surface area contributed by atoms with Crippen molar-refractivity contribution < 1.29 is 19.1 Å². The van der Waals surface area contributed by atoms with Crippen LogP contribution >= 0.6 is 21.6 Å². The highest BCUT2D eigenvalue weighted by molar-refractivity contribution is 8.77. The smallest absolute Gasteiger partial charge is 0.321 e. The third-order valence-corrected chi connectivity index (χ3v) is 6.29. The molecule has 2 atom stereocenters. The first kappa shape index (κ1) is 21.2. The zero-order chi connectivity index (χ0) is 18.2. The second-order valence-corrected chi connectivity index (χ2v) is 9.69. The second-order valence-electron chi connectivity index (χ2n) is 6.90. The summed E-state index contributed by atoms with van der Waals surface area (Å²) >= 11 is 0. The van der Waals surface area contributed by atoms with Crippen molar-refractivity contribution in [1.29, 1.82) is 0 Å². The zero-order valence-electron chi connectivity index (χ0n) is 14.8. The highest BCUT2D eigenvalue weighted by Gasteiger charge is 2.22. The Bertz CT molecular complexity index is 446. The molecular weight excluding hydrogens is 348 g/mol. The van der Waals surface area contributed by atoms with Crippen LogP contribution in [0.5, 0.6) is 0 Å². The SMILES string of the molecule is C[C@@H](OC(=O)CCCC[C@@H]1CCSS1)C(=O)NC(=O)NC(C)(C)C. The summed E-state index contributed by atoms with van der Waals surface area (Å²) < 4.78 is 5.07. The van der Waals surface area contributed by atoms with Gasteiger partial charge in [0.15, 0.2) is 6.10 Å². The van der Waals surface area contributed by atoms with Crippen LogP contribution in [0.25, 0.3) is 0 Å². The van der Waals surface area contributed by atoms with Crippen LogP contribution in [0.4, 0.5) is 4.79 Å². The average molecular weight is 377 g/mol. The Morgan fingerprint density at radius 3 is 2.54 bits per heavy atom. The number of imide groups is 1. The first-order valence-corrected chi connectivity index (χ1v) is 10.7. The van der Waals surface area contributed by atoms with Crippen LogP contribution in [0.1, 0.15) is 59.8 Å². The standard InChI is InChI=1S/C16H28N2O4S2/c1-11(14(20)17-15(21)18-16(2,3)4)22-13(19)8-6-5-7-12-9-10-23-24-12/h11-12H,5-10H2,1-4H3,(H2,17,18,20,21)/t11-,12-/m1/s1. The monoisotopic (exact) mass is 376 g/mol. The summed E-state index contributed by atoms with van der Waals surface area (Å²) in [6.45, 7) is 6.89. The molecule has 1 saturated heterocycles. The normalized spacial score (nSPS) is 18.8. The molecule has 2 N–H and O–H groups in total. The maximum Gasteiger partial charge on any atom is 0.321 e. The summed E-state index contributed by atoms with van der Waals surface area (Å²) in [5.41, 5.74) is -0.444. The van der Waals surface area contributed by atoms with E-state index >= 15 is 0 Å². The number of esters is 1. The van der Waals surface area contributed by atoms with Crippen LogP contribution in [0, 0.1) is 0 Å². The quantitative estimate of drug-likeness (QED) is 0.403. The van der Waals surface area contributed by atoms with Crippen LogP contribution in [0.2, 0.25) is 0 Å². The van der Waals surface area contributed by atoms with E-state index in [4.69, 9.17) is 4.74 Å². The summed E-state index contributed by atoms with van der Waals surface area (Å²) in [6.07, 6.45) is 3.43. The zero-order valence-corrected chi connectivity index (χ0v) is 16.5. The van der Waals surface area contributed by atoms with Gasteiger partial charge in [0.05, 0.1) is 0 Å². The number of nitrogens with one attached hydrogen (secondary N) is 2. The van der Waals surface area contributed by atoms with E-state index in [1.165, 1.54) is 19.1 Å². The summed E-state index contributed by atoms with van der Waals surface area (Å²) in [5, 5.41) is 5.49. The Hall–Kier alpha value is -0.890. The lowest BCUT2D eigenvalue weighted by atomic mass is 10.1. The lowest BCUT2D eigenvalue weighted by Gasteiger charge is -2.21. The van der Waals surface area contributed by atoms with Crippen molar-refractivity contribution in [3.8, 4) is 0 Å². The van der Waals surface area contributed by atoms with Crippen molar-refractivity contribution in [2.24, 2.45) is 0 Å². The van der Waals surface area contributed by atoms with Crippen molar-refractivity contribution >= 4 is 39.5 Å². The van der Waals surface area contributed by atoms with Crippen molar-refractivity contribution in [1.82, 2.24) is 10.6 Å². The first-order chi connectivity index (χ1) is 11.2. The van der Waals surface area contributed by atoms with E-state index < -0.39 is 29.6 Å². The van der Waals surface area contributed by atoms with E-state index in [2.05, 4.69) is 10.6 Å². The molecule has 1 aliphatic rings. The minimum Gasteiger partial charge on any atom is -0.453 e. The largest absolute Gasteiger partial charge is 0.453 e. The molecule has 1 fully saturated rings. The Labute approximate surface area is 152 Å². The van der Waals surface area contributed by atoms with Crippen LogP contribution in [0.3, 0.4) is 0 Å². The van der Waals surface area contributed by atoms with Gasteiger partial charge in [0, 0.05) is 23.0 Å². The summed E-state index contributed by atoms with van der Waals surface area (Å²) in [5.74, 6) is 0.194. The number of amides is 3. The molecule has 1 heterocycles. The fraction of sp³-hybridized carbons (Fsp3) is 0.812. The van der Waals surface area contributed by atoms with E-state index in [0.717, 1.165) is 19.3 Å². The van der Waals surface area contributed by atoms with Gasteiger partial charge < -0.3 is 10.1 Å². The average Bonchev–Trinajstić information content (AvgIpc) is 2.94. The lowest BCUT2D eigenvalue weighted by molar-refractivity contribution is -0.154. The molecule has 0 saturated carbocycles. The Kier molecular flexibility index (Phi) is 8.97. The number of carbonyl (C=O) groups excluding carboxylic acids is 3. The van der Waals surface area contributed by atoms with E-state index in [1.807, 2.05) is 42.4 Å². The molecule has 0 bridgehead atoms. The fourth-order valence-electron chi connectivity index (χ4n) is 2.10. The number of hydrogen-bond acceptors (Lipinski definition) is 6. The van der Waals surface area contributed by atoms with Crippen molar-refractivity contribution in [3.63, 3.8) is 0 Å². The number of hydrogen-bond donors (Lipinski definition) is 2. The first-order valence-electron chi connectivity index (χ1n) is 8.28. The number of rotatable bonds is 7. The van der Waals surface area contributed by atoms with Gasteiger partial charge in [-0.25, -0.2) is 4.79 Å². The molecule has 1 rings (SSSR count). The maximum atomic E-state index is 11.8. The molecule has 6 nitrogen and oxygen atoms in total. The Morgan fingerprint density at radius 2 is 1.96 bits per heavy atom. The molecule has 1 aliphatic heterocycles. The highest BCUT2D eigenvalue weighted by Crippen LogP contribution is 2.39. The van der Waals surface area contributed by atoms with Crippen LogP contribution in [0.15, 0.2) is 0 Å². The van der Waals surface area contributed by atoms with Gasteiger partial charge in [-0.15, -0.1) is 0 Å². The van der Waals surface area contributed by atoms with Crippen LogP contribution < -0.4 is 10.6 Å².